The Morgan fingerprint density at radius 2 is 2.25 bits per heavy atom. The topological polar surface area (TPSA) is 87.9 Å². The van der Waals surface area contributed by atoms with E-state index in [1.54, 1.807) is 6.20 Å². The number of amides is 1. The zero-order chi connectivity index (χ0) is 20.1. The third-order valence-corrected chi connectivity index (χ3v) is 4.97. The number of anilines is 2. The Labute approximate surface area is 182 Å². The van der Waals surface area contributed by atoms with Crippen molar-refractivity contribution in [3.05, 3.63) is 58.3 Å². The van der Waals surface area contributed by atoms with Crippen molar-refractivity contribution in [1.82, 2.24) is 14.9 Å². The van der Waals surface area contributed by atoms with Crippen LogP contribution in [0.2, 0.25) is 0 Å². The van der Waals surface area contributed by atoms with Gasteiger partial charge in [-0.25, -0.2) is 14.9 Å². The molecular formula is C18H17BrFIN4O3. The fraction of sp³-hybridized carbons (Fsp3) is 0.222. The number of aryl methyl sites for hydroxylation is 1. The number of carbonyl (C=O) groups is 1. The molecule has 0 aliphatic rings. The summed E-state index contributed by atoms with van der Waals surface area (Å²) in [6.45, 7) is -0.369. The zero-order valence-corrected chi connectivity index (χ0v) is 18.3. The molecule has 0 radical (unpaired) electrons. The van der Waals surface area contributed by atoms with E-state index in [9.17, 15) is 9.18 Å². The summed E-state index contributed by atoms with van der Waals surface area (Å²) in [5, 5.41) is 12.0. The molecule has 1 amide bonds. The summed E-state index contributed by atoms with van der Waals surface area (Å²) in [7, 11) is 0. The molecule has 2 aromatic heterocycles. The third kappa shape index (κ3) is 4.62. The van der Waals surface area contributed by atoms with Crippen LogP contribution in [-0.2, 0) is 11.3 Å². The molecule has 0 saturated carbocycles. The predicted octanol–water partition coefficient (Wildman–Crippen LogP) is 3.61. The minimum Gasteiger partial charge on any atom is -0.394 e. The van der Waals surface area contributed by atoms with Crippen LogP contribution in [0.3, 0.4) is 0 Å². The van der Waals surface area contributed by atoms with E-state index in [4.69, 9.17) is 9.94 Å². The van der Waals surface area contributed by atoms with Crippen LogP contribution >= 0.6 is 38.5 Å². The number of hydrogen-bond acceptors (Lipinski definition) is 5. The molecule has 0 fully saturated rings. The smallest absolute Gasteiger partial charge is 0.280 e. The minimum atomic E-state index is -0.760. The normalized spacial score (nSPS) is 11.0. The number of hydrogen-bond donors (Lipinski definition) is 3. The van der Waals surface area contributed by atoms with Gasteiger partial charge in [-0.15, -0.1) is 0 Å². The number of nitrogens with zero attached hydrogens (tertiary/aromatic N) is 2. The summed E-state index contributed by atoms with van der Waals surface area (Å²) in [4.78, 5) is 21.4. The first kappa shape index (κ1) is 21.0. The average Bonchev–Trinajstić information content (AvgIpc) is 3.12. The Hall–Kier alpha value is -1.76. The number of nitrogens with one attached hydrogen (secondary N) is 2. The summed E-state index contributed by atoms with van der Waals surface area (Å²) in [5.74, 6) is -1.49. The number of aliphatic hydroxyl groups excluding tert-OH is 1. The lowest BCUT2D eigenvalue weighted by Crippen LogP contribution is -2.27. The van der Waals surface area contributed by atoms with Gasteiger partial charge < -0.3 is 14.8 Å². The first-order chi connectivity index (χ1) is 13.5. The van der Waals surface area contributed by atoms with Crippen molar-refractivity contribution in [2.75, 3.05) is 23.0 Å². The maximum absolute atomic E-state index is 14.8. The number of alkyl halides is 1. The number of halogens is 3. The molecule has 3 rings (SSSR count). The molecule has 0 saturated heterocycles. The third-order valence-electron chi connectivity index (χ3n) is 3.94. The van der Waals surface area contributed by atoms with Gasteiger partial charge in [0.2, 0.25) is 0 Å². The number of pyridine rings is 1. The van der Waals surface area contributed by atoms with Gasteiger partial charge in [0, 0.05) is 20.8 Å². The van der Waals surface area contributed by atoms with Crippen LogP contribution < -0.4 is 10.8 Å². The van der Waals surface area contributed by atoms with Crippen molar-refractivity contribution in [1.29, 1.82) is 0 Å². The number of imidazole rings is 1. The summed E-state index contributed by atoms with van der Waals surface area (Å²) in [6, 6.07) is 5.72. The highest BCUT2D eigenvalue weighted by atomic mass is 127. The van der Waals surface area contributed by atoms with Crippen LogP contribution in [-0.4, -0.2) is 38.0 Å². The molecule has 1 aromatic carbocycles. The molecule has 2 heterocycles. The summed E-state index contributed by atoms with van der Waals surface area (Å²) in [6.07, 6.45) is 4.99. The number of carbonyl (C=O) groups excluding carboxylic acids is 1. The van der Waals surface area contributed by atoms with Crippen molar-refractivity contribution >= 4 is 61.3 Å². The molecule has 3 N–H and O–H groups in total. The lowest BCUT2D eigenvalue weighted by atomic mass is 10.1. The number of fused-ring (bicyclic) bond motifs is 1. The Balaban J connectivity index is 2.07. The maximum Gasteiger partial charge on any atom is 0.280 e. The summed E-state index contributed by atoms with van der Waals surface area (Å²) >= 11 is 5.75. The van der Waals surface area contributed by atoms with Crippen LogP contribution in [0, 0.1) is 5.82 Å². The molecule has 7 nitrogen and oxygen atoms in total. The number of hydroxylamine groups is 1. The van der Waals surface area contributed by atoms with Gasteiger partial charge in [0.1, 0.15) is 5.56 Å². The van der Waals surface area contributed by atoms with Crippen molar-refractivity contribution < 1.29 is 19.1 Å². The van der Waals surface area contributed by atoms with Gasteiger partial charge in [0.25, 0.3) is 5.91 Å². The monoisotopic (exact) mass is 562 g/mol. The second-order valence-corrected chi connectivity index (χ2v) is 7.78. The Bertz CT molecular complexity index is 998. The van der Waals surface area contributed by atoms with Crippen LogP contribution in [0.25, 0.3) is 5.52 Å². The SMILES string of the molecule is O=C(NOCCO)c1c(F)cn2cncc2c1Nc1ccc(Br)cc1CCI. The molecule has 148 valence electrons. The van der Waals surface area contributed by atoms with Gasteiger partial charge in [-0.1, -0.05) is 38.5 Å². The molecule has 3 aromatic rings. The van der Waals surface area contributed by atoms with Gasteiger partial charge in [0.05, 0.1) is 36.9 Å². The second kappa shape index (κ2) is 9.63. The lowest BCUT2D eigenvalue weighted by Gasteiger charge is -2.17. The first-order valence-electron chi connectivity index (χ1n) is 8.33. The maximum atomic E-state index is 14.8. The molecule has 28 heavy (non-hydrogen) atoms. The number of benzene rings is 1. The van der Waals surface area contributed by atoms with Crippen molar-refractivity contribution in [2.45, 2.75) is 6.42 Å². The van der Waals surface area contributed by atoms with Crippen molar-refractivity contribution in [3.63, 3.8) is 0 Å². The molecule has 0 atom stereocenters. The number of rotatable bonds is 8. The molecule has 0 bridgehead atoms. The highest BCUT2D eigenvalue weighted by molar-refractivity contribution is 14.1. The summed E-state index contributed by atoms with van der Waals surface area (Å²) in [5.41, 5.74) is 4.56. The van der Waals surface area contributed by atoms with Gasteiger partial charge in [-0.3, -0.25) is 9.63 Å². The largest absolute Gasteiger partial charge is 0.394 e. The lowest BCUT2D eigenvalue weighted by molar-refractivity contribution is 0.0166. The highest BCUT2D eigenvalue weighted by Crippen LogP contribution is 2.31. The zero-order valence-electron chi connectivity index (χ0n) is 14.6. The first-order valence-corrected chi connectivity index (χ1v) is 10.7. The van der Waals surface area contributed by atoms with Crippen molar-refractivity contribution in [2.24, 2.45) is 0 Å². The second-order valence-electron chi connectivity index (χ2n) is 5.78. The van der Waals surface area contributed by atoms with Gasteiger partial charge in [-0.2, -0.15) is 0 Å². The van der Waals surface area contributed by atoms with Gasteiger partial charge >= 0.3 is 0 Å². The van der Waals surface area contributed by atoms with Gasteiger partial charge in [-0.05, 0) is 30.2 Å². The fourth-order valence-corrected chi connectivity index (χ4v) is 3.71. The minimum absolute atomic E-state index is 0.0996. The Morgan fingerprint density at radius 1 is 1.43 bits per heavy atom. The Morgan fingerprint density at radius 3 is 3.00 bits per heavy atom. The molecule has 0 spiro atoms. The average molecular weight is 563 g/mol. The van der Waals surface area contributed by atoms with E-state index < -0.39 is 11.7 Å². The van der Waals surface area contributed by atoms with E-state index >= 15 is 0 Å². The number of aromatic nitrogens is 2. The molecule has 10 heteroatoms. The quantitative estimate of drug-likeness (QED) is 0.169. The van der Waals surface area contributed by atoms with Crippen LogP contribution in [0.5, 0.6) is 0 Å². The van der Waals surface area contributed by atoms with Crippen LogP contribution in [0.1, 0.15) is 15.9 Å². The van der Waals surface area contributed by atoms with E-state index in [2.05, 4.69) is 54.3 Å². The van der Waals surface area contributed by atoms with E-state index in [-0.39, 0.29) is 24.5 Å². The molecular weight excluding hydrogens is 546 g/mol. The highest BCUT2D eigenvalue weighted by Gasteiger charge is 2.22. The van der Waals surface area contributed by atoms with Crippen LogP contribution in [0.4, 0.5) is 15.8 Å². The van der Waals surface area contributed by atoms with E-state index in [1.807, 2.05) is 18.2 Å². The van der Waals surface area contributed by atoms with Gasteiger partial charge in [0.15, 0.2) is 5.82 Å². The standard InChI is InChI=1S/C18H17BrFIN4O3/c19-12-1-2-14(11(7-12)3-4-21)23-17-15-8-22-10-25(15)9-13(20)16(17)18(27)24-28-6-5-26/h1-2,7-10,23,26H,3-6H2,(H,24,27). The van der Waals surface area contributed by atoms with E-state index in [1.165, 1.54) is 16.9 Å². The molecule has 0 aliphatic carbocycles. The Kier molecular flexibility index (Phi) is 7.21. The molecule has 0 aliphatic heterocycles. The van der Waals surface area contributed by atoms with Crippen LogP contribution in [0.15, 0.2) is 41.4 Å². The predicted molar refractivity (Wildman–Crippen MR) is 116 cm³/mol. The summed E-state index contributed by atoms with van der Waals surface area (Å²) < 4.78 is 18.1. The molecule has 0 unspecified atom stereocenters. The van der Waals surface area contributed by atoms with E-state index in [0.717, 1.165) is 26.6 Å². The van der Waals surface area contributed by atoms with E-state index in [0.29, 0.717) is 5.52 Å². The van der Waals surface area contributed by atoms with Crippen molar-refractivity contribution in [3.8, 4) is 0 Å². The fourth-order valence-electron chi connectivity index (χ4n) is 2.72. The number of aliphatic hydroxyl groups is 1.